The number of hydrogen-bond donors (Lipinski definition) is 1. The lowest BCUT2D eigenvalue weighted by Gasteiger charge is -2.24. The van der Waals surface area contributed by atoms with Crippen LogP contribution in [0.15, 0.2) is 58.4 Å². The van der Waals surface area contributed by atoms with Crippen LogP contribution in [0.25, 0.3) is 0 Å². The SMILES string of the molecule is C[C@@H](c1ccc(F)cc1)N(C)C(=O)CN=C1NS(=O)(=O)c2ccccc21. The summed E-state index contributed by atoms with van der Waals surface area (Å²) in [6.45, 7) is 1.63. The molecular weight excluding hydrogens is 357 g/mol. The second-order valence-electron chi connectivity index (χ2n) is 6.00. The molecule has 0 radical (unpaired) electrons. The summed E-state index contributed by atoms with van der Waals surface area (Å²) in [6.07, 6.45) is 0. The van der Waals surface area contributed by atoms with Crippen molar-refractivity contribution in [3.05, 3.63) is 65.5 Å². The lowest BCUT2D eigenvalue weighted by atomic mass is 10.1. The first-order chi connectivity index (χ1) is 12.3. The van der Waals surface area contributed by atoms with Gasteiger partial charge in [-0.2, -0.15) is 0 Å². The van der Waals surface area contributed by atoms with E-state index in [0.29, 0.717) is 5.56 Å². The summed E-state index contributed by atoms with van der Waals surface area (Å²) in [5.74, 6) is -0.455. The van der Waals surface area contributed by atoms with Crippen LogP contribution in [-0.4, -0.2) is 38.7 Å². The quantitative estimate of drug-likeness (QED) is 0.889. The maximum absolute atomic E-state index is 13.0. The monoisotopic (exact) mass is 375 g/mol. The number of nitrogens with one attached hydrogen (secondary N) is 1. The Balaban J connectivity index is 1.74. The van der Waals surface area contributed by atoms with Crippen molar-refractivity contribution in [3.63, 3.8) is 0 Å². The van der Waals surface area contributed by atoms with Crippen LogP contribution in [0.1, 0.15) is 24.1 Å². The molecule has 0 aromatic heterocycles. The molecular formula is C18H18FN3O3S. The third-order valence-corrected chi connectivity index (χ3v) is 5.76. The number of halogens is 1. The fraction of sp³-hybridized carbons (Fsp3) is 0.222. The summed E-state index contributed by atoms with van der Waals surface area (Å²) in [4.78, 5) is 18.2. The summed E-state index contributed by atoms with van der Waals surface area (Å²) in [5, 5.41) is 0. The molecule has 6 nitrogen and oxygen atoms in total. The minimum atomic E-state index is -3.63. The zero-order valence-electron chi connectivity index (χ0n) is 14.3. The summed E-state index contributed by atoms with van der Waals surface area (Å²) in [5.41, 5.74) is 1.25. The van der Waals surface area contributed by atoms with E-state index in [0.717, 1.165) is 5.56 Å². The Morgan fingerprint density at radius 1 is 1.19 bits per heavy atom. The Hall–Kier alpha value is -2.74. The van der Waals surface area contributed by atoms with Gasteiger partial charge in [0.05, 0.1) is 10.9 Å². The van der Waals surface area contributed by atoms with Crippen LogP contribution < -0.4 is 4.72 Å². The third kappa shape index (κ3) is 3.45. The maximum atomic E-state index is 13.0. The normalized spacial score (nSPS) is 17.4. The molecule has 1 aliphatic heterocycles. The van der Waals surface area contributed by atoms with Gasteiger partial charge in [-0.3, -0.25) is 14.5 Å². The minimum Gasteiger partial charge on any atom is -0.337 e. The van der Waals surface area contributed by atoms with Crippen molar-refractivity contribution in [3.8, 4) is 0 Å². The zero-order chi connectivity index (χ0) is 18.9. The van der Waals surface area contributed by atoms with Crippen LogP contribution in [0.2, 0.25) is 0 Å². The minimum absolute atomic E-state index is 0.152. The first-order valence-electron chi connectivity index (χ1n) is 7.97. The van der Waals surface area contributed by atoms with E-state index in [4.69, 9.17) is 0 Å². The summed E-state index contributed by atoms with van der Waals surface area (Å²) < 4.78 is 39.5. The third-order valence-electron chi connectivity index (χ3n) is 4.36. The van der Waals surface area contributed by atoms with E-state index in [1.54, 1.807) is 37.4 Å². The van der Waals surface area contributed by atoms with Crippen molar-refractivity contribution in [1.82, 2.24) is 9.62 Å². The van der Waals surface area contributed by atoms with Crippen LogP contribution in [0.4, 0.5) is 4.39 Å². The van der Waals surface area contributed by atoms with Crippen molar-refractivity contribution < 1.29 is 17.6 Å². The number of likely N-dealkylation sites (N-methyl/N-ethyl adjacent to an activating group) is 1. The molecule has 0 unspecified atom stereocenters. The van der Waals surface area contributed by atoms with Gasteiger partial charge in [0, 0.05) is 12.6 Å². The van der Waals surface area contributed by atoms with Crippen molar-refractivity contribution in [2.75, 3.05) is 13.6 Å². The highest BCUT2D eigenvalue weighted by Crippen LogP contribution is 2.22. The lowest BCUT2D eigenvalue weighted by molar-refractivity contribution is -0.130. The highest BCUT2D eigenvalue weighted by molar-refractivity contribution is 7.90. The highest BCUT2D eigenvalue weighted by Gasteiger charge is 2.30. The van der Waals surface area contributed by atoms with Gasteiger partial charge < -0.3 is 4.90 Å². The fourth-order valence-corrected chi connectivity index (χ4v) is 3.94. The average Bonchev–Trinajstić information content (AvgIpc) is 2.90. The number of carbonyl (C=O) groups is 1. The maximum Gasteiger partial charge on any atom is 0.263 e. The predicted octanol–water partition coefficient (Wildman–Crippen LogP) is 2.08. The first kappa shape index (κ1) is 18.1. The lowest BCUT2D eigenvalue weighted by Crippen LogP contribution is -2.32. The molecule has 2 aromatic rings. The zero-order valence-corrected chi connectivity index (χ0v) is 15.1. The average molecular weight is 375 g/mol. The van der Waals surface area contributed by atoms with Gasteiger partial charge in [0.25, 0.3) is 10.0 Å². The van der Waals surface area contributed by atoms with Crippen molar-refractivity contribution in [1.29, 1.82) is 0 Å². The summed E-state index contributed by atoms with van der Waals surface area (Å²) >= 11 is 0. The van der Waals surface area contributed by atoms with E-state index < -0.39 is 10.0 Å². The number of rotatable bonds is 4. The van der Waals surface area contributed by atoms with E-state index in [9.17, 15) is 17.6 Å². The molecule has 0 fully saturated rings. The van der Waals surface area contributed by atoms with Crippen LogP contribution in [0.5, 0.6) is 0 Å². The molecule has 1 aliphatic rings. The number of fused-ring (bicyclic) bond motifs is 1. The molecule has 0 aliphatic carbocycles. The van der Waals surface area contributed by atoms with Gasteiger partial charge in [-0.05, 0) is 36.8 Å². The Morgan fingerprint density at radius 2 is 1.85 bits per heavy atom. The largest absolute Gasteiger partial charge is 0.337 e. The molecule has 1 heterocycles. The van der Waals surface area contributed by atoms with Gasteiger partial charge in [0.1, 0.15) is 18.2 Å². The molecule has 8 heteroatoms. The molecule has 26 heavy (non-hydrogen) atoms. The van der Waals surface area contributed by atoms with E-state index in [1.807, 2.05) is 6.92 Å². The van der Waals surface area contributed by atoms with Crippen LogP contribution in [0.3, 0.4) is 0 Å². The van der Waals surface area contributed by atoms with Gasteiger partial charge in [0.15, 0.2) is 0 Å². The molecule has 0 spiro atoms. The number of hydrogen-bond acceptors (Lipinski definition) is 4. The van der Waals surface area contributed by atoms with Crippen LogP contribution >= 0.6 is 0 Å². The Labute approximate surface area is 151 Å². The van der Waals surface area contributed by atoms with Crippen molar-refractivity contribution in [2.45, 2.75) is 17.9 Å². The van der Waals surface area contributed by atoms with Crippen molar-refractivity contribution in [2.24, 2.45) is 4.99 Å². The van der Waals surface area contributed by atoms with E-state index in [2.05, 4.69) is 9.71 Å². The summed E-state index contributed by atoms with van der Waals surface area (Å²) in [6, 6.07) is 12.1. The standard InChI is InChI=1S/C18H18FN3O3S/c1-12(13-7-9-14(19)10-8-13)22(2)17(23)11-20-18-15-5-3-4-6-16(15)26(24,25)21-18/h3-10,12H,11H2,1-2H3,(H,20,21)/t12-/m0/s1. The fourth-order valence-electron chi connectivity index (χ4n) is 2.69. The number of benzene rings is 2. The Kier molecular flexibility index (Phi) is 4.78. The van der Waals surface area contributed by atoms with Gasteiger partial charge >= 0.3 is 0 Å². The van der Waals surface area contributed by atoms with E-state index >= 15 is 0 Å². The number of amidine groups is 1. The number of amides is 1. The summed E-state index contributed by atoms with van der Waals surface area (Å²) in [7, 11) is -2.00. The van der Waals surface area contributed by atoms with Crippen LogP contribution in [-0.2, 0) is 14.8 Å². The molecule has 1 N–H and O–H groups in total. The molecule has 1 amide bonds. The van der Waals surface area contributed by atoms with E-state index in [-0.39, 0.29) is 35.0 Å². The van der Waals surface area contributed by atoms with Gasteiger partial charge in [-0.1, -0.05) is 24.3 Å². The van der Waals surface area contributed by atoms with Gasteiger partial charge in [0.2, 0.25) is 5.91 Å². The number of sulfonamides is 1. The highest BCUT2D eigenvalue weighted by atomic mass is 32.2. The Bertz CT molecular complexity index is 971. The second kappa shape index (κ2) is 6.87. The predicted molar refractivity (Wildman–Crippen MR) is 95.8 cm³/mol. The molecule has 136 valence electrons. The van der Waals surface area contributed by atoms with Crippen molar-refractivity contribution >= 4 is 21.8 Å². The molecule has 0 saturated heterocycles. The number of nitrogens with zero attached hydrogens (tertiary/aromatic N) is 2. The number of aliphatic imine (C=N–C) groups is 1. The molecule has 0 saturated carbocycles. The molecule has 1 atom stereocenters. The van der Waals surface area contributed by atoms with E-state index in [1.165, 1.54) is 23.1 Å². The van der Waals surface area contributed by atoms with Crippen LogP contribution in [0, 0.1) is 5.82 Å². The smallest absolute Gasteiger partial charge is 0.263 e. The molecule has 0 bridgehead atoms. The molecule has 3 rings (SSSR count). The Morgan fingerprint density at radius 3 is 2.54 bits per heavy atom. The molecule has 2 aromatic carbocycles. The van der Waals surface area contributed by atoms with Gasteiger partial charge in [-0.25, -0.2) is 12.8 Å². The first-order valence-corrected chi connectivity index (χ1v) is 9.46. The second-order valence-corrected chi connectivity index (χ2v) is 7.65. The van der Waals surface area contributed by atoms with Gasteiger partial charge in [-0.15, -0.1) is 0 Å². The number of carbonyl (C=O) groups excluding carboxylic acids is 1. The topological polar surface area (TPSA) is 78.8 Å².